The predicted octanol–water partition coefficient (Wildman–Crippen LogP) is 7.67. The topological polar surface area (TPSA) is 15.7 Å². The van der Waals surface area contributed by atoms with Gasteiger partial charge in [0, 0.05) is 0 Å². The summed E-state index contributed by atoms with van der Waals surface area (Å²) < 4.78 is 8.70. The third-order valence-corrected chi connectivity index (χ3v) is 11.7. The van der Waals surface area contributed by atoms with Crippen LogP contribution in [0.4, 0.5) is 11.4 Å². The van der Waals surface area contributed by atoms with E-state index in [4.69, 9.17) is 24.1 Å². The van der Waals surface area contributed by atoms with E-state index in [1.54, 1.807) is 7.11 Å². The van der Waals surface area contributed by atoms with E-state index >= 15 is 0 Å². The maximum atomic E-state index is 7.46. The zero-order chi connectivity index (χ0) is 25.2. The molecule has 1 fully saturated rings. The van der Waals surface area contributed by atoms with Crippen molar-refractivity contribution < 1.29 is 16.6 Å². The van der Waals surface area contributed by atoms with Crippen LogP contribution < -0.4 is 14.5 Å². The van der Waals surface area contributed by atoms with Gasteiger partial charge in [-0.05, 0) is 0 Å². The van der Waals surface area contributed by atoms with Crippen molar-refractivity contribution >= 4 is 39.7 Å². The van der Waals surface area contributed by atoms with Gasteiger partial charge in [-0.2, -0.15) is 0 Å². The van der Waals surface area contributed by atoms with Crippen molar-refractivity contribution in [2.24, 2.45) is 0 Å². The number of para-hydroxylation sites is 3. The third-order valence-electron chi connectivity index (χ3n) is 6.27. The summed E-state index contributed by atoms with van der Waals surface area (Å²) in [7, 11) is 16.6. The summed E-state index contributed by atoms with van der Waals surface area (Å²) in [6.45, 7) is 10.6. The van der Waals surface area contributed by atoms with Crippen LogP contribution in [0.25, 0.3) is 0 Å². The summed E-state index contributed by atoms with van der Waals surface area (Å²) in [6.07, 6.45) is 0. The van der Waals surface area contributed by atoms with Gasteiger partial charge in [-0.25, -0.2) is 0 Å². The van der Waals surface area contributed by atoms with Crippen LogP contribution >= 0.6 is 19.4 Å². The monoisotopic (exact) mass is 598 g/mol. The van der Waals surface area contributed by atoms with E-state index in [2.05, 4.69) is 90.6 Å². The van der Waals surface area contributed by atoms with Crippen LogP contribution in [0.3, 0.4) is 0 Å². The Morgan fingerprint density at radius 3 is 1.69 bits per heavy atom. The number of anilines is 2. The Bertz CT molecular complexity index is 1260. The number of halogens is 2. The second kappa shape index (κ2) is 10.9. The molecular weight excluding hydrogens is 564 g/mol. The fourth-order valence-corrected chi connectivity index (χ4v) is 10.7. The molecule has 1 aliphatic rings. The molecule has 4 rings (SSSR count). The summed E-state index contributed by atoms with van der Waals surface area (Å²) in [5.74, 6) is 1.54. The van der Waals surface area contributed by atoms with E-state index in [9.17, 15) is 0 Å². The van der Waals surface area contributed by atoms with Crippen molar-refractivity contribution in [1.82, 2.24) is 0 Å². The molecule has 3 aromatic rings. The first-order valence-corrected chi connectivity index (χ1v) is 18.3. The van der Waals surface area contributed by atoms with Crippen molar-refractivity contribution in [2.45, 2.75) is 39.5 Å². The van der Waals surface area contributed by atoms with E-state index in [1.807, 2.05) is 24.3 Å². The molecule has 0 atom stereocenters. The molecule has 0 aromatic heterocycles. The fraction of sp³-hybridized carbons (Fsp3) is 0.310. The summed E-state index contributed by atoms with van der Waals surface area (Å²) in [4.78, 5) is 4.73. The molecule has 6 heteroatoms. The molecule has 0 spiro atoms. The van der Waals surface area contributed by atoms with Gasteiger partial charge in [0.2, 0.25) is 0 Å². The van der Waals surface area contributed by atoms with Crippen molar-refractivity contribution in [2.75, 3.05) is 30.0 Å². The zero-order valence-corrected chi connectivity index (χ0v) is 24.2. The molecule has 35 heavy (non-hydrogen) atoms. The number of ether oxygens (including phenoxy) is 1. The Morgan fingerprint density at radius 2 is 1.20 bits per heavy atom. The maximum absolute atomic E-state index is 7.46. The van der Waals surface area contributed by atoms with Crippen LogP contribution in [-0.2, 0) is 11.9 Å². The molecule has 0 bridgehead atoms. The van der Waals surface area contributed by atoms with E-state index in [1.165, 1.54) is 22.5 Å². The molecular formula is C29H34Cl2N2ORu. The number of hydrogen-bond donors (Lipinski definition) is 0. The normalized spacial score (nSPS) is 14.7. The van der Waals surface area contributed by atoms with E-state index < -0.39 is 11.9 Å². The van der Waals surface area contributed by atoms with Crippen LogP contribution in [0.5, 0.6) is 5.75 Å². The minimum atomic E-state index is -3.57. The van der Waals surface area contributed by atoms with E-state index in [0.29, 0.717) is 11.8 Å². The number of nitrogens with zero attached hydrogens (tertiary/aromatic N) is 2. The summed E-state index contributed by atoms with van der Waals surface area (Å²) in [5.41, 5.74) is 5.89. The first-order valence-electron chi connectivity index (χ1n) is 11.9. The molecule has 3 nitrogen and oxygen atoms in total. The molecule has 0 radical (unpaired) electrons. The Labute approximate surface area is 220 Å². The first kappa shape index (κ1) is 26.1. The third kappa shape index (κ3) is 5.41. The van der Waals surface area contributed by atoms with Gasteiger partial charge in [0.25, 0.3) is 0 Å². The predicted molar refractivity (Wildman–Crippen MR) is 151 cm³/mol. The summed E-state index contributed by atoms with van der Waals surface area (Å²) >= 11 is -3.57. The van der Waals surface area contributed by atoms with Crippen LogP contribution in [-0.4, -0.2) is 29.2 Å². The Hall–Kier alpha value is -2.00. The molecule has 1 heterocycles. The molecule has 0 unspecified atom stereocenters. The average molecular weight is 599 g/mol. The zero-order valence-electron chi connectivity index (χ0n) is 21.0. The van der Waals surface area contributed by atoms with Gasteiger partial charge >= 0.3 is 221 Å². The van der Waals surface area contributed by atoms with Gasteiger partial charge in [0.1, 0.15) is 0 Å². The van der Waals surface area contributed by atoms with E-state index in [-0.39, 0.29) is 0 Å². The molecule has 0 amide bonds. The Kier molecular flexibility index (Phi) is 8.16. The van der Waals surface area contributed by atoms with Crippen molar-refractivity contribution in [1.29, 1.82) is 0 Å². The number of methoxy groups -OCH3 is 1. The Balaban J connectivity index is 2.02. The van der Waals surface area contributed by atoms with Crippen molar-refractivity contribution in [3.63, 3.8) is 0 Å². The summed E-state index contributed by atoms with van der Waals surface area (Å²) in [6, 6.07) is 25.2. The molecule has 188 valence electrons. The summed E-state index contributed by atoms with van der Waals surface area (Å²) in [5, 5.41) is 0. The van der Waals surface area contributed by atoms with Gasteiger partial charge in [0.05, 0.1) is 0 Å². The number of rotatable bonds is 6. The SMILES string of the molecule is COc1ccccc1[CH]=[Ru]([Cl])([Cl])=[C]1N(c2ccccc2C(C)C)CCN1c1ccccc1C(C)C. The first-order chi connectivity index (χ1) is 16.7. The molecule has 0 aliphatic carbocycles. The van der Waals surface area contributed by atoms with Crippen LogP contribution in [0.2, 0.25) is 0 Å². The molecule has 0 N–H and O–H groups in total. The van der Waals surface area contributed by atoms with Gasteiger partial charge in [-0.3, -0.25) is 0 Å². The number of benzene rings is 3. The van der Waals surface area contributed by atoms with Crippen molar-refractivity contribution in [3.8, 4) is 5.75 Å². The second-order valence-electron chi connectivity index (χ2n) is 9.27. The van der Waals surface area contributed by atoms with Crippen LogP contribution in [0.1, 0.15) is 56.2 Å². The Morgan fingerprint density at radius 1 is 0.743 bits per heavy atom. The van der Waals surface area contributed by atoms with Gasteiger partial charge in [-0.15, -0.1) is 0 Å². The molecule has 0 saturated carbocycles. The molecule has 1 aliphatic heterocycles. The minimum absolute atomic E-state index is 0.382. The second-order valence-corrected chi connectivity index (χ2v) is 18.5. The standard InChI is InChI=1S/C21H26N2.C8H8O.2ClH.Ru/c1-16(2)18-9-5-7-11-20(18)22-13-14-23(15-22)21-12-8-6-10-19(21)17(3)4;1-7-5-3-4-6-8(7)9-2;;;/h5-12,16-17H,13-14H2,1-4H3;1,3-6H,2H3;2*1H;/q;;;;+2/p-2. The molecule has 1 saturated heterocycles. The van der Waals surface area contributed by atoms with Crippen molar-refractivity contribution in [3.05, 3.63) is 89.5 Å². The molecule has 3 aromatic carbocycles. The number of hydrogen-bond acceptors (Lipinski definition) is 3. The van der Waals surface area contributed by atoms with E-state index in [0.717, 1.165) is 28.8 Å². The average Bonchev–Trinajstić information content (AvgIpc) is 3.30. The quantitative estimate of drug-likeness (QED) is 0.271. The van der Waals surface area contributed by atoms with Gasteiger partial charge < -0.3 is 0 Å². The van der Waals surface area contributed by atoms with Crippen LogP contribution in [0, 0.1) is 0 Å². The van der Waals surface area contributed by atoms with Gasteiger partial charge in [0.15, 0.2) is 0 Å². The fourth-order valence-electron chi connectivity index (χ4n) is 4.59. The van der Waals surface area contributed by atoms with Gasteiger partial charge in [-0.1, -0.05) is 0 Å². The van der Waals surface area contributed by atoms with Crippen LogP contribution in [0.15, 0.2) is 72.8 Å².